The molecule has 0 spiro atoms. The molecule has 1 N–H and O–H groups in total. The maximum atomic E-state index is 12.2. The van der Waals surface area contributed by atoms with Gasteiger partial charge in [0, 0.05) is 51.8 Å². The largest absolute Gasteiger partial charge is 0.368 e. The normalized spacial score (nSPS) is 14.7. The molecule has 0 radical (unpaired) electrons. The number of anilines is 1. The van der Waals surface area contributed by atoms with Crippen LogP contribution in [-0.2, 0) is 9.59 Å². The third kappa shape index (κ3) is 5.93. The summed E-state index contributed by atoms with van der Waals surface area (Å²) in [7, 11) is 0. The van der Waals surface area contributed by atoms with Gasteiger partial charge >= 0.3 is 0 Å². The topological polar surface area (TPSA) is 52.7 Å². The highest BCUT2D eigenvalue weighted by Gasteiger charge is 2.20. The minimum atomic E-state index is 0.0114. The van der Waals surface area contributed by atoms with Crippen molar-refractivity contribution in [2.75, 3.05) is 37.6 Å². The van der Waals surface area contributed by atoms with Crippen LogP contribution in [0.1, 0.15) is 32.6 Å². The fourth-order valence-electron chi connectivity index (χ4n) is 2.85. The fourth-order valence-corrected chi connectivity index (χ4v) is 2.85. The SMILES string of the molecule is CC(=O)NCCCCCC(=O)N1CCN(c2ccccc2)CC1. The average molecular weight is 317 g/mol. The van der Waals surface area contributed by atoms with Crippen LogP contribution in [0.25, 0.3) is 0 Å². The van der Waals surface area contributed by atoms with Crippen LogP contribution in [0.3, 0.4) is 0 Å². The number of hydrogen-bond acceptors (Lipinski definition) is 3. The molecule has 1 aliphatic rings. The van der Waals surface area contributed by atoms with Crippen LogP contribution >= 0.6 is 0 Å². The first kappa shape index (κ1) is 17.3. The van der Waals surface area contributed by atoms with Crippen molar-refractivity contribution in [3.05, 3.63) is 30.3 Å². The van der Waals surface area contributed by atoms with Gasteiger partial charge in [-0.2, -0.15) is 0 Å². The lowest BCUT2D eigenvalue weighted by molar-refractivity contribution is -0.131. The predicted octanol–water partition coefficient (Wildman–Crippen LogP) is 2.03. The van der Waals surface area contributed by atoms with Crippen LogP contribution in [0.5, 0.6) is 0 Å². The van der Waals surface area contributed by atoms with Gasteiger partial charge in [0.15, 0.2) is 0 Å². The number of nitrogens with zero attached hydrogens (tertiary/aromatic N) is 2. The number of benzene rings is 1. The zero-order valence-corrected chi connectivity index (χ0v) is 14.0. The van der Waals surface area contributed by atoms with E-state index < -0.39 is 0 Å². The van der Waals surface area contributed by atoms with Crippen LogP contribution in [0.15, 0.2) is 30.3 Å². The van der Waals surface area contributed by atoms with Gasteiger partial charge in [0.2, 0.25) is 11.8 Å². The standard InChI is InChI=1S/C18H27N3O2/c1-16(22)19-11-7-3-6-10-18(23)21-14-12-20(13-15-21)17-8-4-2-5-9-17/h2,4-5,8-9H,3,6-7,10-15H2,1H3,(H,19,22). The molecule has 1 heterocycles. The Kier molecular flexibility index (Phi) is 6.91. The second-order valence-electron chi connectivity index (χ2n) is 6.00. The van der Waals surface area contributed by atoms with E-state index in [0.29, 0.717) is 13.0 Å². The van der Waals surface area contributed by atoms with Crippen molar-refractivity contribution in [2.45, 2.75) is 32.6 Å². The molecular weight excluding hydrogens is 290 g/mol. The van der Waals surface area contributed by atoms with E-state index in [0.717, 1.165) is 45.4 Å². The first-order valence-electron chi connectivity index (χ1n) is 8.49. The highest BCUT2D eigenvalue weighted by Crippen LogP contribution is 2.16. The third-order valence-corrected chi connectivity index (χ3v) is 4.20. The van der Waals surface area contributed by atoms with Crippen molar-refractivity contribution in [1.82, 2.24) is 10.2 Å². The Morgan fingerprint density at radius 2 is 1.70 bits per heavy atom. The van der Waals surface area contributed by atoms with Crippen molar-refractivity contribution in [2.24, 2.45) is 0 Å². The molecule has 0 saturated carbocycles. The summed E-state index contributed by atoms with van der Waals surface area (Å²) >= 11 is 0. The van der Waals surface area contributed by atoms with Gasteiger partial charge < -0.3 is 15.1 Å². The zero-order chi connectivity index (χ0) is 16.5. The van der Waals surface area contributed by atoms with E-state index in [9.17, 15) is 9.59 Å². The van der Waals surface area contributed by atoms with Crippen molar-refractivity contribution in [3.8, 4) is 0 Å². The number of carbonyl (C=O) groups is 2. The predicted molar refractivity (Wildman–Crippen MR) is 92.4 cm³/mol. The summed E-state index contributed by atoms with van der Waals surface area (Å²) < 4.78 is 0. The van der Waals surface area contributed by atoms with E-state index in [2.05, 4.69) is 22.3 Å². The van der Waals surface area contributed by atoms with Gasteiger partial charge in [0.05, 0.1) is 0 Å². The Hall–Kier alpha value is -2.04. The molecule has 23 heavy (non-hydrogen) atoms. The highest BCUT2D eigenvalue weighted by atomic mass is 16.2. The first-order valence-corrected chi connectivity index (χ1v) is 8.49. The summed E-state index contributed by atoms with van der Waals surface area (Å²) in [6.07, 6.45) is 3.44. The maximum absolute atomic E-state index is 12.2. The second kappa shape index (κ2) is 9.18. The van der Waals surface area contributed by atoms with E-state index in [-0.39, 0.29) is 11.8 Å². The maximum Gasteiger partial charge on any atom is 0.222 e. The van der Waals surface area contributed by atoms with Crippen LogP contribution < -0.4 is 10.2 Å². The Bertz CT molecular complexity index is 496. The molecule has 1 aromatic rings. The molecule has 0 unspecified atom stereocenters. The number of para-hydroxylation sites is 1. The van der Waals surface area contributed by atoms with Crippen LogP contribution in [0.4, 0.5) is 5.69 Å². The molecule has 5 nitrogen and oxygen atoms in total. The van der Waals surface area contributed by atoms with Crippen LogP contribution in [0, 0.1) is 0 Å². The van der Waals surface area contributed by atoms with Crippen molar-refractivity contribution in [3.63, 3.8) is 0 Å². The van der Waals surface area contributed by atoms with E-state index in [4.69, 9.17) is 0 Å². The van der Waals surface area contributed by atoms with Gasteiger partial charge in [-0.3, -0.25) is 9.59 Å². The van der Waals surface area contributed by atoms with Gasteiger partial charge in [0.1, 0.15) is 0 Å². The Balaban J connectivity index is 1.61. The smallest absolute Gasteiger partial charge is 0.222 e. The minimum Gasteiger partial charge on any atom is -0.368 e. The quantitative estimate of drug-likeness (QED) is 0.783. The summed E-state index contributed by atoms with van der Waals surface area (Å²) in [4.78, 5) is 27.3. The van der Waals surface area contributed by atoms with E-state index in [1.54, 1.807) is 0 Å². The molecule has 1 saturated heterocycles. The molecule has 0 aromatic heterocycles. The lowest BCUT2D eigenvalue weighted by Crippen LogP contribution is -2.48. The van der Waals surface area contributed by atoms with E-state index >= 15 is 0 Å². The molecule has 0 aliphatic carbocycles. The van der Waals surface area contributed by atoms with Gasteiger partial charge in [-0.05, 0) is 25.0 Å². The number of carbonyl (C=O) groups excluding carboxylic acids is 2. The van der Waals surface area contributed by atoms with Crippen molar-refractivity contribution >= 4 is 17.5 Å². The summed E-state index contributed by atoms with van der Waals surface area (Å²) in [5.74, 6) is 0.273. The molecule has 0 bridgehead atoms. The molecule has 1 aromatic carbocycles. The third-order valence-electron chi connectivity index (χ3n) is 4.20. The molecular formula is C18H27N3O2. The number of piperazine rings is 1. The summed E-state index contributed by atoms with van der Waals surface area (Å²) in [5, 5.41) is 2.78. The summed E-state index contributed by atoms with van der Waals surface area (Å²) in [6.45, 7) is 5.65. The second-order valence-corrected chi connectivity index (χ2v) is 6.00. The molecule has 2 amide bonds. The fraction of sp³-hybridized carbons (Fsp3) is 0.556. The number of rotatable bonds is 7. The van der Waals surface area contributed by atoms with Crippen molar-refractivity contribution in [1.29, 1.82) is 0 Å². The number of unbranched alkanes of at least 4 members (excludes halogenated alkanes) is 2. The molecule has 0 atom stereocenters. The van der Waals surface area contributed by atoms with Gasteiger partial charge in [-0.15, -0.1) is 0 Å². The van der Waals surface area contributed by atoms with E-state index in [1.165, 1.54) is 12.6 Å². The lowest BCUT2D eigenvalue weighted by Gasteiger charge is -2.36. The molecule has 5 heteroatoms. The minimum absolute atomic E-state index is 0.0114. The monoisotopic (exact) mass is 317 g/mol. The Morgan fingerprint density at radius 3 is 2.35 bits per heavy atom. The first-order chi connectivity index (χ1) is 11.2. The Labute approximate surface area is 138 Å². The van der Waals surface area contributed by atoms with E-state index in [1.807, 2.05) is 23.1 Å². The van der Waals surface area contributed by atoms with Crippen LogP contribution in [0.2, 0.25) is 0 Å². The average Bonchev–Trinajstić information content (AvgIpc) is 2.58. The summed E-state index contributed by atoms with van der Waals surface area (Å²) in [5.41, 5.74) is 1.23. The lowest BCUT2D eigenvalue weighted by atomic mass is 10.1. The summed E-state index contributed by atoms with van der Waals surface area (Å²) in [6, 6.07) is 10.4. The molecule has 1 fully saturated rings. The van der Waals surface area contributed by atoms with Gasteiger partial charge in [-0.25, -0.2) is 0 Å². The van der Waals surface area contributed by atoms with Gasteiger partial charge in [-0.1, -0.05) is 24.6 Å². The molecule has 1 aliphatic heterocycles. The molecule has 2 rings (SSSR count). The Morgan fingerprint density at radius 1 is 1.00 bits per heavy atom. The zero-order valence-electron chi connectivity index (χ0n) is 14.0. The number of hydrogen-bond donors (Lipinski definition) is 1. The van der Waals surface area contributed by atoms with Crippen LogP contribution in [-0.4, -0.2) is 49.4 Å². The number of amides is 2. The highest BCUT2D eigenvalue weighted by molar-refractivity contribution is 5.76. The van der Waals surface area contributed by atoms with Crippen molar-refractivity contribution < 1.29 is 9.59 Å². The number of nitrogens with one attached hydrogen (secondary N) is 1. The molecule has 126 valence electrons. The van der Waals surface area contributed by atoms with Gasteiger partial charge in [0.25, 0.3) is 0 Å².